The lowest BCUT2D eigenvalue weighted by molar-refractivity contribution is 0.100. The Bertz CT molecular complexity index is 1470. The van der Waals surface area contributed by atoms with Crippen LogP contribution in [0.3, 0.4) is 0 Å². The molecular weight excluding hydrogens is 452 g/mol. The first kappa shape index (κ1) is 19.8. The summed E-state index contributed by atoms with van der Waals surface area (Å²) in [5, 5.41) is 4.09. The fourth-order valence-electron chi connectivity index (χ4n) is 4.30. The highest BCUT2D eigenvalue weighted by atomic mass is 79.9. The van der Waals surface area contributed by atoms with E-state index in [0.717, 1.165) is 37.4 Å². The molecular formula is C26H20BrN2O2. The number of aromatic nitrogens is 1. The summed E-state index contributed by atoms with van der Waals surface area (Å²) in [5.41, 5.74) is 10.3. The number of fused-ring (bicyclic) bond motifs is 4. The molecule has 5 rings (SSSR count). The molecule has 0 aliphatic carbocycles. The molecule has 0 aliphatic rings. The third-order valence-electron chi connectivity index (χ3n) is 5.70. The first-order chi connectivity index (χ1) is 15.1. The number of ether oxygens (including phenoxy) is 1. The fraction of sp³-hybridized carbons (Fsp3) is 0.115. The number of carbonyl (C=O) groups excluding carboxylic acids is 1. The van der Waals surface area contributed by atoms with Crippen LogP contribution in [-0.2, 0) is 17.9 Å². The highest BCUT2D eigenvalue weighted by molar-refractivity contribution is 9.10. The zero-order chi connectivity index (χ0) is 21.5. The molecule has 0 aliphatic heterocycles. The van der Waals surface area contributed by atoms with Crippen LogP contribution in [0.2, 0.25) is 0 Å². The summed E-state index contributed by atoms with van der Waals surface area (Å²) < 4.78 is 8.62. The van der Waals surface area contributed by atoms with Crippen molar-refractivity contribution in [2.24, 2.45) is 5.73 Å². The van der Waals surface area contributed by atoms with Crippen molar-refractivity contribution in [1.29, 1.82) is 0 Å². The standard InChI is InChI=1S/C26H20BrN2O2/c1-31-15-16-9-12-20-23(13-16)29(22-8-4-7-21(24(20)22)26(28)30)14-18-11-10-17-5-2-3-6-19(17)25(18)27/h2-11,13H,14-15H2,1H3,(H2,28,30). The van der Waals surface area contributed by atoms with E-state index in [2.05, 4.69) is 56.9 Å². The van der Waals surface area contributed by atoms with Crippen molar-refractivity contribution in [2.75, 3.05) is 7.11 Å². The molecule has 5 aromatic rings. The highest BCUT2D eigenvalue weighted by Crippen LogP contribution is 2.35. The van der Waals surface area contributed by atoms with Crippen molar-refractivity contribution in [2.45, 2.75) is 13.2 Å². The predicted octanol–water partition coefficient (Wildman–Crippen LogP) is 5.80. The maximum Gasteiger partial charge on any atom is 0.249 e. The van der Waals surface area contributed by atoms with Crippen LogP contribution in [0.4, 0.5) is 0 Å². The van der Waals surface area contributed by atoms with Gasteiger partial charge in [0.25, 0.3) is 0 Å². The van der Waals surface area contributed by atoms with Crippen molar-refractivity contribution in [1.82, 2.24) is 4.57 Å². The minimum Gasteiger partial charge on any atom is -0.380 e. The van der Waals surface area contributed by atoms with Gasteiger partial charge in [0.15, 0.2) is 0 Å². The molecule has 5 heteroatoms. The van der Waals surface area contributed by atoms with E-state index in [4.69, 9.17) is 10.5 Å². The Labute approximate surface area is 188 Å². The fourth-order valence-corrected chi connectivity index (χ4v) is 4.91. The Morgan fingerprint density at radius 3 is 2.74 bits per heavy atom. The first-order valence-electron chi connectivity index (χ1n) is 9.99. The van der Waals surface area contributed by atoms with Gasteiger partial charge in [-0.15, -0.1) is 0 Å². The quantitative estimate of drug-likeness (QED) is 0.351. The van der Waals surface area contributed by atoms with Gasteiger partial charge in [-0.2, -0.15) is 0 Å². The van der Waals surface area contributed by atoms with E-state index < -0.39 is 5.91 Å². The summed E-state index contributed by atoms with van der Waals surface area (Å²) >= 11 is 3.82. The van der Waals surface area contributed by atoms with Crippen LogP contribution in [0, 0.1) is 6.07 Å². The smallest absolute Gasteiger partial charge is 0.249 e. The highest BCUT2D eigenvalue weighted by Gasteiger charge is 2.18. The van der Waals surface area contributed by atoms with Gasteiger partial charge in [-0.05, 0) is 68.2 Å². The molecule has 153 valence electrons. The SMILES string of the molecule is COCc1c[c]c2c3c(C(N)=O)cccc3n(Cc3ccc4ccccc4c3Br)c2c1. The molecule has 31 heavy (non-hydrogen) atoms. The zero-order valence-corrected chi connectivity index (χ0v) is 18.6. The number of rotatable bonds is 5. The van der Waals surface area contributed by atoms with E-state index in [1.165, 1.54) is 10.8 Å². The van der Waals surface area contributed by atoms with Gasteiger partial charge in [0.2, 0.25) is 5.91 Å². The van der Waals surface area contributed by atoms with E-state index in [1.807, 2.05) is 30.3 Å². The number of carbonyl (C=O) groups is 1. The monoisotopic (exact) mass is 471 g/mol. The molecule has 0 saturated carbocycles. The molecule has 0 spiro atoms. The van der Waals surface area contributed by atoms with Crippen molar-refractivity contribution >= 4 is 54.4 Å². The molecule has 4 nitrogen and oxygen atoms in total. The molecule has 0 unspecified atom stereocenters. The summed E-state index contributed by atoms with van der Waals surface area (Å²) in [6.07, 6.45) is 0. The van der Waals surface area contributed by atoms with Crippen LogP contribution in [0.5, 0.6) is 0 Å². The average molecular weight is 472 g/mol. The number of amides is 1. The van der Waals surface area contributed by atoms with Gasteiger partial charge >= 0.3 is 0 Å². The Morgan fingerprint density at radius 2 is 1.94 bits per heavy atom. The van der Waals surface area contributed by atoms with Crippen LogP contribution in [0.15, 0.2) is 71.2 Å². The van der Waals surface area contributed by atoms with Gasteiger partial charge in [0.1, 0.15) is 0 Å². The van der Waals surface area contributed by atoms with Gasteiger partial charge in [-0.3, -0.25) is 4.79 Å². The third-order valence-corrected chi connectivity index (χ3v) is 6.64. The van der Waals surface area contributed by atoms with E-state index in [9.17, 15) is 4.79 Å². The normalized spacial score (nSPS) is 11.5. The number of hydrogen-bond donors (Lipinski definition) is 1. The average Bonchev–Trinajstić information content (AvgIpc) is 3.09. The number of primary amides is 1. The van der Waals surface area contributed by atoms with E-state index in [1.54, 1.807) is 13.2 Å². The molecule has 2 N–H and O–H groups in total. The lowest BCUT2D eigenvalue weighted by atomic mass is 10.0. The Kier molecular flexibility index (Phi) is 5.00. The second kappa shape index (κ2) is 7.84. The largest absolute Gasteiger partial charge is 0.380 e. The minimum atomic E-state index is -0.439. The molecule has 0 atom stereocenters. The van der Waals surface area contributed by atoms with Gasteiger partial charge in [0.05, 0.1) is 17.6 Å². The Hall–Kier alpha value is -3.15. The maximum absolute atomic E-state index is 12.2. The third kappa shape index (κ3) is 3.30. The molecule has 1 amide bonds. The molecule has 0 saturated heterocycles. The molecule has 0 bridgehead atoms. The molecule has 1 aromatic heterocycles. The van der Waals surface area contributed by atoms with E-state index >= 15 is 0 Å². The van der Waals surface area contributed by atoms with Crippen molar-refractivity contribution < 1.29 is 9.53 Å². The van der Waals surface area contributed by atoms with Gasteiger partial charge in [0, 0.05) is 34.5 Å². The zero-order valence-electron chi connectivity index (χ0n) is 17.0. The van der Waals surface area contributed by atoms with E-state index in [-0.39, 0.29) is 0 Å². The summed E-state index contributed by atoms with van der Waals surface area (Å²) in [4.78, 5) is 12.2. The maximum atomic E-state index is 12.2. The van der Waals surface area contributed by atoms with Crippen molar-refractivity contribution in [3.8, 4) is 0 Å². The summed E-state index contributed by atoms with van der Waals surface area (Å²) in [6.45, 7) is 1.13. The first-order valence-corrected chi connectivity index (χ1v) is 10.8. The lowest BCUT2D eigenvalue weighted by Crippen LogP contribution is -2.11. The van der Waals surface area contributed by atoms with Crippen LogP contribution < -0.4 is 5.73 Å². The molecule has 4 aromatic carbocycles. The number of nitrogens with zero attached hydrogens (tertiary/aromatic N) is 1. The van der Waals surface area contributed by atoms with E-state index in [0.29, 0.717) is 18.7 Å². The van der Waals surface area contributed by atoms with Gasteiger partial charge in [-0.1, -0.05) is 42.5 Å². The predicted molar refractivity (Wildman–Crippen MR) is 128 cm³/mol. The number of benzene rings is 4. The van der Waals surface area contributed by atoms with Crippen LogP contribution in [-0.4, -0.2) is 17.6 Å². The molecule has 1 radical (unpaired) electrons. The summed E-state index contributed by atoms with van der Waals surface area (Å²) in [6, 6.07) is 25.7. The second-order valence-electron chi connectivity index (χ2n) is 7.61. The number of halogens is 1. The van der Waals surface area contributed by atoms with Crippen LogP contribution in [0.25, 0.3) is 32.6 Å². The molecule has 1 heterocycles. The number of hydrogen-bond acceptors (Lipinski definition) is 2. The summed E-state index contributed by atoms with van der Waals surface area (Å²) in [7, 11) is 1.68. The minimum absolute atomic E-state index is 0.439. The van der Waals surface area contributed by atoms with Crippen LogP contribution >= 0.6 is 15.9 Å². The lowest BCUT2D eigenvalue weighted by Gasteiger charge is -2.12. The van der Waals surface area contributed by atoms with Gasteiger partial charge < -0.3 is 15.0 Å². The Balaban J connectivity index is 1.78. The van der Waals surface area contributed by atoms with Crippen molar-refractivity contribution in [3.05, 3.63) is 94.0 Å². The number of nitrogens with two attached hydrogens (primary N) is 1. The molecule has 0 fully saturated rings. The van der Waals surface area contributed by atoms with Crippen LogP contribution in [0.1, 0.15) is 21.5 Å². The summed E-state index contributed by atoms with van der Waals surface area (Å²) in [5.74, 6) is -0.439. The van der Waals surface area contributed by atoms with Gasteiger partial charge in [-0.25, -0.2) is 0 Å². The Morgan fingerprint density at radius 1 is 1.10 bits per heavy atom. The second-order valence-corrected chi connectivity index (χ2v) is 8.40. The number of methoxy groups -OCH3 is 1. The topological polar surface area (TPSA) is 57.2 Å². The van der Waals surface area contributed by atoms with Crippen molar-refractivity contribution in [3.63, 3.8) is 0 Å².